The molecule has 1 aliphatic carbocycles. The third kappa shape index (κ3) is 6.27. The van der Waals surface area contributed by atoms with Gasteiger partial charge in [0.1, 0.15) is 29.5 Å². The summed E-state index contributed by atoms with van der Waals surface area (Å²) < 4.78 is 14.6. The second kappa shape index (κ2) is 12.0. The monoisotopic (exact) mass is 626 g/mol. The first-order valence-electron chi connectivity index (χ1n) is 16.1. The summed E-state index contributed by atoms with van der Waals surface area (Å²) in [7, 11) is 0. The van der Waals surface area contributed by atoms with Crippen molar-refractivity contribution in [2.24, 2.45) is 0 Å². The number of hydrogen-bond acceptors (Lipinski definition) is 8. The van der Waals surface area contributed by atoms with E-state index in [2.05, 4.69) is 5.10 Å². The highest BCUT2D eigenvalue weighted by Crippen LogP contribution is 2.41. The second-order valence-electron chi connectivity index (χ2n) is 14.2. The van der Waals surface area contributed by atoms with Crippen LogP contribution in [0.5, 0.6) is 0 Å². The quantitative estimate of drug-likeness (QED) is 0.231. The number of para-hydroxylation sites is 3. The zero-order valence-corrected chi connectivity index (χ0v) is 27.4. The predicted octanol–water partition coefficient (Wildman–Crippen LogP) is 6.46. The Kier molecular flexibility index (Phi) is 8.20. The van der Waals surface area contributed by atoms with E-state index in [-0.39, 0.29) is 24.8 Å². The number of hydrogen-bond donors (Lipinski definition) is 0. The highest BCUT2D eigenvalue weighted by molar-refractivity contribution is 6.04. The van der Waals surface area contributed by atoms with Crippen molar-refractivity contribution in [2.45, 2.75) is 103 Å². The number of carbonyl (C=O) groups is 3. The predicted molar refractivity (Wildman–Crippen MR) is 173 cm³/mol. The number of benzene rings is 2. The fraction of sp³-hybridized carbons (Fsp3) is 0.486. The molecule has 1 amide bonds. The molecule has 1 atom stereocenters. The molecule has 2 aliphatic rings. The third-order valence-corrected chi connectivity index (χ3v) is 8.31. The van der Waals surface area contributed by atoms with Gasteiger partial charge in [-0.1, -0.05) is 49.6 Å². The molecule has 4 aromatic rings. The molecule has 1 saturated carbocycles. The van der Waals surface area contributed by atoms with Crippen molar-refractivity contribution in [3.05, 3.63) is 65.9 Å². The topological polar surface area (TPSA) is 121 Å². The number of ether oxygens (including phenoxy) is 2. The molecular weight excluding hydrogens is 584 g/mol. The van der Waals surface area contributed by atoms with Gasteiger partial charge in [0.2, 0.25) is 5.91 Å². The lowest BCUT2D eigenvalue weighted by Crippen LogP contribution is -2.41. The summed E-state index contributed by atoms with van der Waals surface area (Å²) in [5.74, 6) is -0.188. The lowest BCUT2D eigenvalue weighted by atomic mass is 9.88. The van der Waals surface area contributed by atoms with Gasteiger partial charge in [0.25, 0.3) is 0 Å². The highest BCUT2D eigenvalue weighted by Gasteiger charge is 2.40. The van der Waals surface area contributed by atoms with Gasteiger partial charge in [-0.25, -0.2) is 4.79 Å². The van der Waals surface area contributed by atoms with Gasteiger partial charge in [-0.05, 0) is 72.6 Å². The third-order valence-electron chi connectivity index (χ3n) is 8.31. The van der Waals surface area contributed by atoms with Crippen molar-refractivity contribution in [3.8, 4) is 5.69 Å². The zero-order chi connectivity index (χ0) is 32.8. The normalized spacial score (nSPS) is 17.4. The first-order valence-corrected chi connectivity index (χ1v) is 16.1. The maximum atomic E-state index is 14.7. The Labute approximate surface area is 268 Å². The van der Waals surface area contributed by atoms with E-state index in [0.29, 0.717) is 22.7 Å². The molecule has 242 valence electrons. The minimum absolute atomic E-state index is 0.122. The molecule has 0 spiro atoms. The van der Waals surface area contributed by atoms with E-state index in [4.69, 9.17) is 19.7 Å². The van der Waals surface area contributed by atoms with E-state index in [1.54, 1.807) is 47.6 Å². The van der Waals surface area contributed by atoms with Crippen LogP contribution in [0.15, 0.2) is 48.5 Å². The molecule has 3 heterocycles. The van der Waals surface area contributed by atoms with Crippen molar-refractivity contribution >= 4 is 34.6 Å². The van der Waals surface area contributed by atoms with E-state index >= 15 is 0 Å². The standard InChI is InChI=1S/C35H42N6O5/c1-34(2,3)45-29(42)21-39-27-18-12-13-19-28(27)40-30(22-14-8-7-9-15-22)36-37-31(40)24(32(39)43)20-25-23-16-10-11-17-26(23)41(38-25)33(44)46-35(4,5)6/h10-13,16-19,22,24H,7-9,14-15,20-21H2,1-6H3. The summed E-state index contributed by atoms with van der Waals surface area (Å²) in [5, 5.41) is 14.8. The molecule has 0 radical (unpaired) electrons. The molecule has 2 aromatic carbocycles. The number of esters is 1. The molecule has 11 nitrogen and oxygen atoms in total. The molecule has 0 N–H and O–H groups in total. The Morgan fingerprint density at radius 1 is 0.826 bits per heavy atom. The van der Waals surface area contributed by atoms with Gasteiger partial charge < -0.3 is 9.47 Å². The zero-order valence-electron chi connectivity index (χ0n) is 27.4. The van der Waals surface area contributed by atoms with Crippen molar-refractivity contribution in [3.63, 3.8) is 0 Å². The summed E-state index contributed by atoms with van der Waals surface area (Å²) in [6.45, 7) is 10.5. The van der Waals surface area contributed by atoms with Crippen molar-refractivity contribution in [1.29, 1.82) is 0 Å². The van der Waals surface area contributed by atoms with Crippen molar-refractivity contribution in [1.82, 2.24) is 24.5 Å². The van der Waals surface area contributed by atoms with Crippen LogP contribution < -0.4 is 4.90 Å². The Bertz CT molecular complexity index is 1790. The van der Waals surface area contributed by atoms with Gasteiger partial charge >= 0.3 is 12.1 Å². The van der Waals surface area contributed by atoms with Gasteiger partial charge in [-0.15, -0.1) is 10.2 Å². The van der Waals surface area contributed by atoms with Crippen LogP contribution in [-0.4, -0.2) is 60.3 Å². The Morgan fingerprint density at radius 2 is 1.46 bits per heavy atom. The maximum absolute atomic E-state index is 14.7. The minimum atomic E-state index is -0.856. The van der Waals surface area contributed by atoms with Crippen LogP contribution in [-0.2, 0) is 25.5 Å². The summed E-state index contributed by atoms with van der Waals surface area (Å²) in [6, 6.07) is 15.0. The lowest BCUT2D eigenvalue weighted by Gasteiger charge is -2.27. The second-order valence-corrected chi connectivity index (χ2v) is 14.2. The summed E-state index contributed by atoms with van der Waals surface area (Å²) in [4.78, 5) is 42.7. The fourth-order valence-electron chi connectivity index (χ4n) is 6.47. The van der Waals surface area contributed by atoms with Crippen LogP contribution in [0.4, 0.5) is 10.5 Å². The largest absolute Gasteiger partial charge is 0.459 e. The molecule has 1 unspecified atom stereocenters. The van der Waals surface area contributed by atoms with Gasteiger partial charge in [0, 0.05) is 17.7 Å². The summed E-state index contributed by atoms with van der Waals surface area (Å²) >= 11 is 0. The number of rotatable bonds is 5. The van der Waals surface area contributed by atoms with Crippen LogP contribution in [0.2, 0.25) is 0 Å². The van der Waals surface area contributed by atoms with E-state index in [9.17, 15) is 14.4 Å². The van der Waals surface area contributed by atoms with Crippen molar-refractivity contribution in [2.75, 3.05) is 11.4 Å². The molecule has 0 saturated heterocycles. The van der Waals surface area contributed by atoms with Crippen LogP contribution in [0, 0.1) is 0 Å². The molecule has 11 heteroatoms. The number of nitrogens with zero attached hydrogens (tertiary/aromatic N) is 6. The smallest absolute Gasteiger partial charge is 0.435 e. The Morgan fingerprint density at radius 3 is 2.15 bits per heavy atom. The van der Waals surface area contributed by atoms with E-state index in [1.165, 1.54) is 16.0 Å². The summed E-state index contributed by atoms with van der Waals surface area (Å²) in [5.41, 5.74) is 1.00. The number of carbonyl (C=O) groups excluding carboxylic acids is 3. The van der Waals surface area contributed by atoms with E-state index < -0.39 is 29.2 Å². The number of amides is 1. The maximum Gasteiger partial charge on any atom is 0.435 e. The molecule has 0 bridgehead atoms. The van der Waals surface area contributed by atoms with Crippen LogP contribution in [0.25, 0.3) is 16.6 Å². The average molecular weight is 627 g/mol. The molecule has 1 aliphatic heterocycles. The van der Waals surface area contributed by atoms with Crippen LogP contribution in [0.3, 0.4) is 0 Å². The van der Waals surface area contributed by atoms with Crippen LogP contribution in [0.1, 0.15) is 103 Å². The van der Waals surface area contributed by atoms with Crippen molar-refractivity contribution < 1.29 is 23.9 Å². The van der Waals surface area contributed by atoms with Gasteiger partial charge in [-0.3, -0.25) is 19.1 Å². The first-order chi connectivity index (χ1) is 21.8. The SMILES string of the molecule is CC(C)(C)OC(=O)CN1C(=O)C(Cc2nn(C(=O)OC(C)(C)C)c3ccccc23)c2nnc(C3CCCCC3)n2-c2ccccc21. The first kappa shape index (κ1) is 31.4. The fourth-order valence-corrected chi connectivity index (χ4v) is 6.47. The van der Waals surface area contributed by atoms with Crippen LogP contribution >= 0.6 is 0 Å². The van der Waals surface area contributed by atoms with E-state index in [1.807, 2.05) is 47.0 Å². The Hall–Kier alpha value is -4.54. The summed E-state index contributed by atoms with van der Waals surface area (Å²) in [6.07, 6.45) is 4.90. The molecule has 1 fully saturated rings. The van der Waals surface area contributed by atoms with E-state index in [0.717, 1.165) is 42.6 Å². The lowest BCUT2D eigenvalue weighted by molar-refractivity contribution is -0.153. The number of fused-ring (bicyclic) bond motifs is 4. The molecule has 46 heavy (non-hydrogen) atoms. The number of anilines is 1. The molecule has 6 rings (SSSR count). The van der Waals surface area contributed by atoms with Gasteiger partial charge in [-0.2, -0.15) is 9.78 Å². The number of aromatic nitrogens is 5. The molecular formula is C35H42N6O5. The Balaban J connectivity index is 1.49. The van der Waals surface area contributed by atoms with Gasteiger partial charge in [0.05, 0.1) is 22.6 Å². The molecule has 2 aromatic heterocycles. The average Bonchev–Trinajstić information content (AvgIpc) is 3.57. The minimum Gasteiger partial charge on any atom is -0.459 e. The highest BCUT2D eigenvalue weighted by atomic mass is 16.6. The van der Waals surface area contributed by atoms with Gasteiger partial charge in [0.15, 0.2) is 5.82 Å².